The fourth-order valence-corrected chi connectivity index (χ4v) is 2.47. The molecular formula is C23H23FeNO4. The first kappa shape index (κ1) is 31.6. The zero-order chi connectivity index (χ0) is 21.8. The third-order valence-electron chi connectivity index (χ3n) is 3.60. The van der Waals surface area contributed by atoms with Gasteiger partial charge >= 0.3 is 33.9 Å². The molecule has 4 radical (unpaired) electrons. The Morgan fingerprint density at radius 2 is 1.66 bits per heavy atom. The molecule has 0 saturated heterocycles. The number of hydrogen-bond acceptors (Lipinski definition) is 1. The minimum Gasteiger partial charge on any atom is 0 e. The van der Waals surface area contributed by atoms with E-state index >= 15 is 0 Å². The molecule has 0 atom stereocenters. The standard InChI is InChI=1S/C20H23NO.3CO.Fe/c1-3-4-5-9-15-21(19-13-7-6-8-14-19)20(22)18-12-10-11-17(2)16-18;3*1-2;/h3-9,11,13-14,16H,10,12,15H2,1-2H3;;;;/b4-3+,9-5+;;;;. The van der Waals surface area contributed by atoms with Crippen molar-refractivity contribution >= 4 is 11.6 Å². The zero-order valence-electron chi connectivity index (χ0n) is 16.4. The van der Waals surface area contributed by atoms with Gasteiger partial charge in [0, 0.05) is 29.3 Å². The van der Waals surface area contributed by atoms with E-state index in [0.29, 0.717) is 6.54 Å². The summed E-state index contributed by atoms with van der Waals surface area (Å²) in [6.45, 7) is 18.1. The molecule has 6 heteroatoms. The molecule has 5 nitrogen and oxygen atoms in total. The van der Waals surface area contributed by atoms with Gasteiger partial charge in [-0.3, -0.25) is 4.79 Å². The normalized spacial score (nSPS) is 13.4. The second kappa shape index (κ2) is 22.2. The van der Waals surface area contributed by atoms with Crippen LogP contribution in [0.25, 0.3) is 0 Å². The summed E-state index contributed by atoms with van der Waals surface area (Å²) in [6, 6.07) is 9.85. The number of nitrogens with zero attached hydrogens (tertiary/aromatic N) is 1. The Labute approximate surface area is 184 Å². The summed E-state index contributed by atoms with van der Waals surface area (Å²) in [4.78, 5) is 14.7. The first-order valence-corrected chi connectivity index (χ1v) is 8.35. The maximum Gasteiger partial charge on any atom is 0 e. The van der Waals surface area contributed by atoms with Crippen LogP contribution in [0.1, 0.15) is 26.7 Å². The van der Waals surface area contributed by atoms with E-state index in [1.807, 2.05) is 79.8 Å². The third-order valence-corrected chi connectivity index (χ3v) is 3.60. The number of carbonyl (C=O) groups excluding carboxylic acids is 1. The van der Waals surface area contributed by atoms with Crippen molar-refractivity contribution in [1.29, 1.82) is 0 Å². The molecule has 1 amide bonds. The van der Waals surface area contributed by atoms with Crippen molar-refractivity contribution in [3.05, 3.63) is 99.3 Å². The molecule has 0 unspecified atom stereocenters. The van der Waals surface area contributed by atoms with E-state index in [-0.39, 0.29) is 23.0 Å². The molecule has 0 aliphatic heterocycles. The Bertz CT molecular complexity index is 636. The minimum atomic E-state index is 0. The van der Waals surface area contributed by atoms with Crippen molar-refractivity contribution in [1.82, 2.24) is 0 Å². The average molecular weight is 433 g/mol. The van der Waals surface area contributed by atoms with Crippen LogP contribution in [0.15, 0.2) is 54.6 Å². The molecule has 0 N–H and O–H groups in total. The number of amides is 1. The number of anilines is 1. The van der Waals surface area contributed by atoms with Crippen molar-refractivity contribution in [2.45, 2.75) is 26.7 Å². The van der Waals surface area contributed by atoms with E-state index < -0.39 is 0 Å². The Morgan fingerprint density at radius 1 is 1.07 bits per heavy atom. The Kier molecular flexibility index (Phi) is 24.2. The molecule has 1 aliphatic rings. The van der Waals surface area contributed by atoms with Crippen LogP contribution in [0.5, 0.6) is 0 Å². The van der Waals surface area contributed by atoms with Gasteiger partial charge in [0.15, 0.2) is 0 Å². The summed E-state index contributed by atoms with van der Waals surface area (Å²) < 4.78 is 22.5. The molecule has 1 saturated carbocycles. The van der Waals surface area contributed by atoms with Crippen LogP contribution >= 0.6 is 0 Å². The number of benzene rings is 1. The van der Waals surface area contributed by atoms with Crippen LogP contribution in [0.2, 0.25) is 0 Å². The van der Waals surface area contributed by atoms with Crippen molar-refractivity contribution in [2.75, 3.05) is 11.4 Å². The Morgan fingerprint density at radius 3 is 2.17 bits per heavy atom. The van der Waals surface area contributed by atoms with Crippen molar-refractivity contribution < 1.29 is 35.8 Å². The number of para-hydroxylation sites is 1. The zero-order valence-corrected chi connectivity index (χ0v) is 17.5. The fraction of sp³-hybridized carbons (Fsp3) is 0.217. The number of hydrogen-bond donors (Lipinski definition) is 0. The predicted molar refractivity (Wildman–Crippen MR) is 105 cm³/mol. The van der Waals surface area contributed by atoms with Crippen LogP contribution < -0.4 is 4.90 Å². The number of allylic oxidation sites excluding steroid dienone is 3. The monoisotopic (exact) mass is 433 g/mol. The smallest absolute Gasteiger partial charge is 0 e. The molecule has 29 heavy (non-hydrogen) atoms. The maximum atomic E-state index is 12.9. The van der Waals surface area contributed by atoms with Gasteiger partial charge in [0.1, 0.15) is 0 Å². The van der Waals surface area contributed by atoms with Crippen LogP contribution in [-0.4, -0.2) is 12.5 Å². The second-order valence-corrected chi connectivity index (χ2v) is 5.36. The third kappa shape index (κ3) is 12.9. The van der Waals surface area contributed by atoms with Gasteiger partial charge < -0.3 is 4.90 Å². The number of rotatable bonds is 5. The van der Waals surface area contributed by atoms with Gasteiger partial charge in [-0.15, -0.1) is 0 Å². The number of carbonyl (C=O) groups is 1. The van der Waals surface area contributed by atoms with E-state index in [1.54, 1.807) is 0 Å². The van der Waals surface area contributed by atoms with Gasteiger partial charge in [-0.05, 0) is 50.7 Å². The van der Waals surface area contributed by atoms with Gasteiger partial charge in [0.25, 0.3) is 0 Å². The molecule has 2 rings (SSSR count). The Balaban J connectivity index is -0.000000883. The topological polar surface area (TPSA) is 80.0 Å². The van der Waals surface area contributed by atoms with E-state index in [9.17, 15) is 4.79 Å². The minimum absolute atomic E-state index is 0. The predicted octanol–water partition coefficient (Wildman–Crippen LogP) is 4.41. The van der Waals surface area contributed by atoms with Crippen LogP contribution in [-0.2, 0) is 35.8 Å². The van der Waals surface area contributed by atoms with Crippen molar-refractivity contribution in [2.24, 2.45) is 0 Å². The Hall–Kier alpha value is -2.09. The van der Waals surface area contributed by atoms with Crippen molar-refractivity contribution in [3.8, 4) is 0 Å². The fourth-order valence-electron chi connectivity index (χ4n) is 2.47. The summed E-state index contributed by atoms with van der Waals surface area (Å²) >= 11 is 0. The van der Waals surface area contributed by atoms with E-state index in [0.717, 1.165) is 24.4 Å². The molecule has 1 fully saturated rings. The average Bonchev–Trinajstić information content (AvgIpc) is 2.78. The molecule has 1 aromatic rings. The molecule has 0 heterocycles. The molecule has 0 aromatic heterocycles. The molecule has 1 aliphatic carbocycles. The van der Waals surface area contributed by atoms with Crippen LogP contribution in [0.3, 0.4) is 0 Å². The first-order chi connectivity index (χ1) is 13.7. The quantitative estimate of drug-likeness (QED) is 0.293. The molecule has 1 aromatic carbocycles. The van der Waals surface area contributed by atoms with Crippen molar-refractivity contribution in [3.63, 3.8) is 0 Å². The van der Waals surface area contributed by atoms with Gasteiger partial charge in [-0.25, -0.2) is 0 Å². The summed E-state index contributed by atoms with van der Waals surface area (Å²) in [6.07, 6.45) is 13.9. The van der Waals surface area contributed by atoms with E-state index in [4.69, 9.17) is 14.0 Å². The second-order valence-electron chi connectivity index (χ2n) is 5.36. The summed E-state index contributed by atoms with van der Waals surface area (Å²) in [5, 5.41) is 0. The maximum absolute atomic E-state index is 12.9. The van der Waals surface area contributed by atoms with E-state index in [1.165, 1.54) is 5.92 Å². The molecule has 152 valence electrons. The molecule has 0 bridgehead atoms. The molecule has 0 spiro atoms. The SMILES string of the molecule is C/C=C/C=C/CN(C(=O)[C]1[CH][C](C)[CH]CC1)c1ccccc1.[C-]#[O+].[C-]#[O+].[C-]#[O+].[Fe]. The van der Waals surface area contributed by atoms with Gasteiger partial charge in [0.2, 0.25) is 5.91 Å². The summed E-state index contributed by atoms with van der Waals surface area (Å²) in [7, 11) is 0. The van der Waals surface area contributed by atoms with E-state index in [2.05, 4.69) is 26.4 Å². The van der Waals surface area contributed by atoms with Crippen LogP contribution in [0, 0.1) is 44.6 Å². The van der Waals surface area contributed by atoms with Gasteiger partial charge in [-0.2, -0.15) is 0 Å². The van der Waals surface area contributed by atoms with Crippen LogP contribution in [0.4, 0.5) is 5.69 Å². The first-order valence-electron chi connectivity index (χ1n) is 8.35. The largest absolute Gasteiger partial charge is 0 e. The van der Waals surface area contributed by atoms with Gasteiger partial charge in [0.05, 0.1) is 5.92 Å². The van der Waals surface area contributed by atoms with Gasteiger partial charge in [-0.1, -0.05) is 49.4 Å². The summed E-state index contributed by atoms with van der Waals surface area (Å²) in [5.41, 5.74) is 0.936. The summed E-state index contributed by atoms with van der Waals surface area (Å²) in [5.74, 6) is 2.17. The molecular weight excluding hydrogens is 410 g/mol.